The molecule has 0 radical (unpaired) electrons. The lowest BCUT2D eigenvalue weighted by Crippen LogP contribution is -2.53. The van der Waals surface area contributed by atoms with Crippen molar-refractivity contribution in [2.75, 3.05) is 7.05 Å². The van der Waals surface area contributed by atoms with Crippen LogP contribution in [0, 0.1) is 0 Å². The summed E-state index contributed by atoms with van der Waals surface area (Å²) >= 11 is 0. The number of carbonyl (C=O) groups excluding carboxylic acids is 3. The maximum atomic E-state index is 12.1. The minimum absolute atomic E-state index is 0.246. The Hall–Kier alpha value is -2.24. The van der Waals surface area contributed by atoms with Gasteiger partial charge in [-0.1, -0.05) is 19.9 Å². The molecule has 0 aliphatic carbocycles. The third-order valence-electron chi connectivity index (χ3n) is 2.88. The molecule has 108 valence electrons. The lowest BCUT2D eigenvalue weighted by molar-refractivity contribution is -0.136. The fourth-order valence-corrected chi connectivity index (χ4v) is 1.86. The van der Waals surface area contributed by atoms with E-state index < -0.39 is 11.9 Å². The Labute approximate surface area is 118 Å². The van der Waals surface area contributed by atoms with Gasteiger partial charge in [0.25, 0.3) is 5.91 Å². The highest BCUT2D eigenvalue weighted by atomic mass is 16.2. The standard InChI is InChI=1S/C12H13N3O3.C2H6/c1-15(9-5-6-10(16)14-11(9)17)12(18)8-4-2-3-7-13-8;1-2/h2-4,7,9H,5-6H2,1H3,(H,14,16,17);1-2H3. The maximum Gasteiger partial charge on any atom is 0.272 e. The van der Waals surface area contributed by atoms with Crippen LogP contribution in [0.15, 0.2) is 24.4 Å². The van der Waals surface area contributed by atoms with Crippen LogP contribution >= 0.6 is 0 Å². The first-order valence-corrected chi connectivity index (χ1v) is 6.61. The molecule has 2 heterocycles. The minimum Gasteiger partial charge on any atom is -0.328 e. The summed E-state index contributed by atoms with van der Waals surface area (Å²) in [6.07, 6.45) is 2.11. The first-order chi connectivity index (χ1) is 9.59. The second kappa shape index (κ2) is 7.37. The number of amides is 3. The molecule has 6 nitrogen and oxygen atoms in total. The van der Waals surface area contributed by atoms with E-state index in [9.17, 15) is 14.4 Å². The SMILES string of the molecule is CC.CN(C(=O)c1ccccn1)C1CCC(=O)NC1=O. The monoisotopic (exact) mass is 277 g/mol. The number of pyridine rings is 1. The number of nitrogens with one attached hydrogen (secondary N) is 1. The number of hydrogen-bond donors (Lipinski definition) is 1. The van der Waals surface area contributed by atoms with Crippen molar-refractivity contribution in [3.8, 4) is 0 Å². The first kappa shape index (κ1) is 15.8. The van der Waals surface area contributed by atoms with Crippen LogP contribution in [0.2, 0.25) is 0 Å². The van der Waals surface area contributed by atoms with E-state index in [-0.39, 0.29) is 23.9 Å². The van der Waals surface area contributed by atoms with Gasteiger partial charge in [0.15, 0.2) is 0 Å². The summed E-state index contributed by atoms with van der Waals surface area (Å²) in [6, 6.07) is 4.39. The molecule has 1 aliphatic heterocycles. The zero-order valence-electron chi connectivity index (χ0n) is 11.9. The van der Waals surface area contributed by atoms with Crippen molar-refractivity contribution in [3.63, 3.8) is 0 Å². The largest absolute Gasteiger partial charge is 0.328 e. The van der Waals surface area contributed by atoms with Gasteiger partial charge in [0.1, 0.15) is 11.7 Å². The van der Waals surface area contributed by atoms with E-state index >= 15 is 0 Å². The Morgan fingerprint density at radius 1 is 1.35 bits per heavy atom. The number of imide groups is 1. The molecule has 1 aromatic rings. The molecule has 1 fully saturated rings. The molecule has 0 spiro atoms. The number of hydrogen-bond acceptors (Lipinski definition) is 4. The van der Waals surface area contributed by atoms with Crippen LogP contribution in [0.5, 0.6) is 0 Å². The van der Waals surface area contributed by atoms with E-state index in [0.717, 1.165) is 0 Å². The van der Waals surface area contributed by atoms with Crippen LogP contribution in [0.3, 0.4) is 0 Å². The van der Waals surface area contributed by atoms with E-state index in [2.05, 4.69) is 10.3 Å². The Morgan fingerprint density at radius 3 is 2.60 bits per heavy atom. The molecule has 3 amide bonds. The molecule has 20 heavy (non-hydrogen) atoms. The summed E-state index contributed by atoms with van der Waals surface area (Å²) in [7, 11) is 1.54. The number of aromatic nitrogens is 1. The number of likely N-dealkylation sites (N-methyl/N-ethyl adjacent to an activating group) is 1. The minimum atomic E-state index is -0.614. The quantitative estimate of drug-likeness (QED) is 0.817. The fourth-order valence-electron chi connectivity index (χ4n) is 1.86. The zero-order chi connectivity index (χ0) is 15.1. The Morgan fingerprint density at radius 2 is 2.05 bits per heavy atom. The smallest absolute Gasteiger partial charge is 0.272 e. The summed E-state index contributed by atoms with van der Waals surface area (Å²) in [6.45, 7) is 4.00. The summed E-state index contributed by atoms with van der Waals surface area (Å²) in [5.74, 6) is -1.06. The van der Waals surface area contributed by atoms with Gasteiger partial charge in [0, 0.05) is 19.7 Å². The van der Waals surface area contributed by atoms with Crippen LogP contribution in [0.1, 0.15) is 37.2 Å². The second-order valence-corrected chi connectivity index (χ2v) is 4.10. The molecule has 0 bridgehead atoms. The molecule has 0 aromatic carbocycles. The van der Waals surface area contributed by atoms with Crippen molar-refractivity contribution < 1.29 is 14.4 Å². The summed E-state index contributed by atoms with van der Waals surface area (Å²) in [4.78, 5) is 40.0. The predicted octanol–water partition coefficient (Wildman–Crippen LogP) is 0.985. The van der Waals surface area contributed by atoms with Gasteiger partial charge in [-0.15, -0.1) is 0 Å². The zero-order valence-corrected chi connectivity index (χ0v) is 11.9. The van der Waals surface area contributed by atoms with Crippen molar-refractivity contribution in [3.05, 3.63) is 30.1 Å². The number of piperidine rings is 1. The predicted molar refractivity (Wildman–Crippen MR) is 73.9 cm³/mol. The average Bonchev–Trinajstić information content (AvgIpc) is 2.49. The van der Waals surface area contributed by atoms with Crippen molar-refractivity contribution in [1.82, 2.24) is 15.2 Å². The van der Waals surface area contributed by atoms with Gasteiger partial charge in [-0.3, -0.25) is 24.7 Å². The van der Waals surface area contributed by atoms with Gasteiger partial charge in [-0.25, -0.2) is 0 Å². The van der Waals surface area contributed by atoms with E-state index in [1.54, 1.807) is 18.2 Å². The van der Waals surface area contributed by atoms with Crippen molar-refractivity contribution in [2.24, 2.45) is 0 Å². The average molecular weight is 277 g/mol. The first-order valence-electron chi connectivity index (χ1n) is 6.61. The molecule has 2 rings (SSSR count). The van der Waals surface area contributed by atoms with Crippen LogP contribution < -0.4 is 5.32 Å². The van der Waals surface area contributed by atoms with E-state index in [4.69, 9.17) is 0 Å². The summed E-state index contributed by atoms with van der Waals surface area (Å²) in [5.41, 5.74) is 0.282. The summed E-state index contributed by atoms with van der Waals surface area (Å²) in [5, 5.41) is 2.22. The number of nitrogens with zero attached hydrogens (tertiary/aromatic N) is 2. The van der Waals surface area contributed by atoms with Crippen molar-refractivity contribution >= 4 is 17.7 Å². The van der Waals surface area contributed by atoms with E-state index in [1.807, 2.05) is 13.8 Å². The van der Waals surface area contributed by atoms with Gasteiger partial charge in [0.05, 0.1) is 0 Å². The highest BCUT2D eigenvalue weighted by Gasteiger charge is 2.32. The number of carbonyl (C=O) groups is 3. The van der Waals surface area contributed by atoms with Gasteiger partial charge < -0.3 is 4.90 Å². The highest BCUT2D eigenvalue weighted by Crippen LogP contribution is 2.13. The van der Waals surface area contributed by atoms with Crippen LogP contribution in [0.4, 0.5) is 0 Å². The van der Waals surface area contributed by atoms with Gasteiger partial charge in [-0.05, 0) is 18.6 Å². The molecule has 1 aromatic heterocycles. The number of rotatable bonds is 2. The Bertz CT molecular complexity index is 488. The Balaban J connectivity index is 0.000000956. The topological polar surface area (TPSA) is 79.4 Å². The molecular weight excluding hydrogens is 258 g/mol. The molecule has 1 saturated heterocycles. The van der Waals surface area contributed by atoms with Crippen molar-refractivity contribution in [2.45, 2.75) is 32.7 Å². The fraction of sp³-hybridized carbons (Fsp3) is 0.429. The van der Waals surface area contributed by atoms with Crippen LogP contribution in [-0.4, -0.2) is 40.7 Å². The molecule has 0 saturated carbocycles. The maximum absolute atomic E-state index is 12.1. The van der Waals surface area contributed by atoms with E-state index in [0.29, 0.717) is 6.42 Å². The highest BCUT2D eigenvalue weighted by molar-refractivity contribution is 6.03. The normalized spacial score (nSPS) is 17.6. The molecule has 6 heteroatoms. The third kappa shape index (κ3) is 3.63. The lowest BCUT2D eigenvalue weighted by atomic mass is 10.0. The molecule has 1 N–H and O–H groups in total. The van der Waals surface area contributed by atoms with Crippen molar-refractivity contribution in [1.29, 1.82) is 0 Å². The summed E-state index contributed by atoms with van der Waals surface area (Å²) < 4.78 is 0. The molecule has 1 aliphatic rings. The molecule has 1 atom stereocenters. The second-order valence-electron chi connectivity index (χ2n) is 4.10. The molecular formula is C14H19N3O3. The van der Waals surface area contributed by atoms with Gasteiger partial charge >= 0.3 is 0 Å². The third-order valence-corrected chi connectivity index (χ3v) is 2.88. The lowest BCUT2D eigenvalue weighted by Gasteiger charge is -2.29. The van der Waals surface area contributed by atoms with Crippen LogP contribution in [0.25, 0.3) is 0 Å². The van der Waals surface area contributed by atoms with Crippen LogP contribution in [-0.2, 0) is 9.59 Å². The van der Waals surface area contributed by atoms with Gasteiger partial charge in [0.2, 0.25) is 11.8 Å². The Kier molecular flexibility index (Phi) is 5.83. The molecule has 1 unspecified atom stereocenters. The van der Waals surface area contributed by atoms with E-state index in [1.165, 1.54) is 18.1 Å². The van der Waals surface area contributed by atoms with Gasteiger partial charge in [-0.2, -0.15) is 0 Å².